The van der Waals surface area contributed by atoms with E-state index in [-0.39, 0.29) is 12.1 Å². The van der Waals surface area contributed by atoms with Crippen molar-refractivity contribution < 1.29 is 9.15 Å². The molecule has 1 aromatic heterocycles. The van der Waals surface area contributed by atoms with Crippen molar-refractivity contribution in [2.45, 2.75) is 40.0 Å². The molecule has 13 rings (SSSR count). The lowest BCUT2D eigenvalue weighted by Crippen LogP contribution is -2.54. The van der Waals surface area contributed by atoms with E-state index in [1.54, 1.807) is 0 Å². The lowest BCUT2D eigenvalue weighted by atomic mass is 9.34. The molecule has 0 unspecified atom stereocenters. The van der Waals surface area contributed by atoms with Crippen LogP contribution < -0.4 is 26.0 Å². The van der Waals surface area contributed by atoms with Crippen molar-refractivity contribution in [1.29, 1.82) is 0 Å². The first-order chi connectivity index (χ1) is 33.2. The molecule has 0 radical (unpaired) electrons. The number of benzene rings is 10. The van der Waals surface area contributed by atoms with Gasteiger partial charge in [0.2, 0.25) is 6.71 Å². The smallest absolute Gasteiger partial charge is 0.247 e. The minimum absolute atomic E-state index is 0.101. The molecular formula is C64H48BNO2. The molecule has 3 nitrogen and oxygen atoms in total. The number of furan rings is 1. The van der Waals surface area contributed by atoms with Crippen molar-refractivity contribution in [3.05, 3.63) is 228 Å². The SMILES string of the molecule is Cc1cc(C)c(B(c2ccc3c4c(cccc24)Oc2cc(N(c4ccc5c(c4)C(C)(C)c4ccccc4-5)c4ccccc4-c4ccccc4)ccc2-3)c2cccc3c2oc2ccccc23)c(C)c1. The van der Waals surface area contributed by atoms with Crippen LogP contribution in [0.5, 0.6) is 11.5 Å². The summed E-state index contributed by atoms with van der Waals surface area (Å²) in [6, 6.07) is 73.1. The summed E-state index contributed by atoms with van der Waals surface area (Å²) >= 11 is 0. The maximum Gasteiger partial charge on any atom is 0.247 e. The van der Waals surface area contributed by atoms with Crippen molar-refractivity contribution >= 4 is 72.9 Å². The van der Waals surface area contributed by atoms with E-state index in [9.17, 15) is 0 Å². The average Bonchev–Trinajstić information content (AvgIpc) is 3.85. The second kappa shape index (κ2) is 15.2. The molecule has 0 saturated heterocycles. The van der Waals surface area contributed by atoms with Gasteiger partial charge in [0.05, 0.1) is 5.69 Å². The number of aryl methyl sites for hydroxylation is 3. The van der Waals surface area contributed by atoms with Gasteiger partial charge in [0.25, 0.3) is 0 Å². The Morgan fingerprint density at radius 1 is 0.456 bits per heavy atom. The van der Waals surface area contributed by atoms with Crippen LogP contribution in [0.15, 0.2) is 205 Å². The molecule has 11 aromatic rings. The van der Waals surface area contributed by atoms with Crippen LogP contribution in [0.1, 0.15) is 41.7 Å². The fourth-order valence-corrected chi connectivity index (χ4v) is 11.9. The van der Waals surface area contributed by atoms with E-state index >= 15 is 0 Å². The highest BCUT2D eigenvalue weighted by molar-refractivity contribution is 6.98. The largest absolute Gasteiger partial charge is 0.457 e. The average molecular weight is 874 g/mol. The van der Waals surface area contributed by atoms with Crippen LogP contribution in [0.3, 0.4) is 0 Å². The topological polar surface area (TPSA) is 25.6 Å². The van der Waals surface area contributed by atoms with E-state index in [1.807, 2.05) is 0 Å². The van der Waals surface area contributed by atoms with Crippen LogP contribution in [0.4, 0.5) is 17.1 Å². The quantitative estimate of drug-likeness (QED) is 0.149. The van der Waals surface area contributed by atoms with Crippen LogP contribution in [0, 0.1) is 20.8 Å². The maximum atomic E-state index is 7.15. The molecule has 4 heteroatoms. The van der Waals surface area contributed by atoms with Gasteiger partial charge in [0.15, 0.2) is 0 Å². The summed E-state index contributed by atoms with van der Waals surface area (Å²) in [5.41, 5.74) is 22.3. The van der Waals surface area contributed by atoms with Gasteiger partial charge in [-0.15, -0.1) is 0 Å². The monoisotopic (exact) mass is 873 g/mol. The van der Waals surface area contributed by atoms with E-state index in [0.717, 1.165) is 72.5 Å². The summed E-state index contributed by atoms with van der Waals surface area (Å²) in [7, 11) is 0. The minimum atomic E-state index is -0.152. The molecule has 1 aliphatic carbocycles. The molecule has 0 bridgehead atoms. The third-order valence-corrected chi connectivity index (χ3v) is 14.9. The van der Waals surface area contributed by atoms with Gasteiger partial charge in [0, 0.05) is 50.1 Å². The first-order valence-electron chi connectivity index (χ1n) is 23.8. The van der Waals surface area contributed by atoms with Crippen LogP contribution in [0.2, 0.25) is 0 Å². The van der Waals surface area contributed by atoms with Gasteiger partial charge in [-0.05, 0) is 107 Å². The Morgan fingerprint density at radius 2 is 1.10 bits per heavy atom. The summed E-state index contributed by atoms with van der Waals surface area (Å²) in [6.45, 7) is 11.3. The van der Waals surface area contributed by atoms with Gasteiger partial charge < -0.3 is 14.1 Å². The molecule has 0 amide bonds. The molecule has 0 fully saturated rings. The first kappa shape index (κ1) is 40.2. The van der Waals surface area contributed by atoms with Crippen molar-refractivity contribution in [2.24, 2.45) is 0 Å². The highest BCUT2D eigenvalue weighted by Crippen LogP contribution is 2.53. The molecule has 0 saturated carbocycles. The fraction of sp³-hybridized carbons (Fsp3) is 0.0938. The van der Waals surface area contributed by atoms with Gasteiger partial charge in [-0.1, -0.05) is 193 Å². The summed E-state index contributed by atoms with van der Waals surface area (Å²) in [6.07, 6.45) is 0. The Morgan fingerprint density at radius 3 is 1.94 bits per heavy atom. The molecule has 324 valence electrons. The lowest BCUT2D eigenvalue weighted by molar-refractivity contribution is 0.487. The van der Waals surface area contributed by atoms with E-state index in [0.29, 0.717) is 0 Å². The van der Waals surface area contributed by atoms with Gasteiger partial charge in [-0.3, -0.25) is 0 Å². The van der Waals surface area contributed by atoms with Crippen molar-refractivity contribution in [2.75, 3.05) is 4.90 Å². The highest BCUT2D eigenvalue weighted by Gasteiger charge is 2.37. The first-order valence-corrected chi connectivity index (χ1v) is 23.8. The number of hydrogen-bond donors (Lipinski definition) is 0. The van der Waals surface area contributed by atoms with Crippen molar-refractivity contribution in [1.82, 2.24) is 0 Å². The predicted octanol–water partition coefficient (Wildman–Crippen LogP) is 15.4. The standard InChI is InChI=1S/C64H48BNO2/c1-39-35-40(2)62(41(3)36-39)65(56-25-15-22-51-48-21-11-14-27-58(48)68-63(51)56)55-34-33-50-49-32-30-44(38-60(49)67-59-28-16-23-52(55)61(50)59)66(57-26-13-10-19-45(57)42-17-7-6-8-18-42)43-29-31-47-46-20-9-12-24-53(46)64(4,5)54(47)37-43/h6-38H,1-5H3. The van der Waals surface area contributed by atoms with E-state index in [1.165, 1.54) is 66.4 Å². The number of fused-ring (bicyclic) bond motifs is 8. The van der Waals surface area contributed by atoms with Crippen LogP contribution in [0.25, 0.3) is 66.1 Å². The highest BCUT2D eigenvalue weighted by atomic mass is 16.5. The summed E-state index contributed by atoms with van der Waals surface area (Å²) in [5.74, 6) is 1.69. The zero-order valence-corrected chi connectivity index (χ0v) is 38.9. The number of hydrogen-bond acceptors (Lipinski definition) is 3. The third kappa shape index (κ3) is 6.06. The number of rotatable bonds is 7. The van der Waals surface area contributed by atoms with Gasteiger partial charge >= 0.3 is 0 Å². The molecular weight excluding hydrogens is 826 g/mol. The molecule has 2 aliphatic rings. The Labute approximate surface area is 398 Å². The Kier molecular flexibility index (Phi) is 9.01. The van der Waals surface area contributed by atoms with Gasteiger partial charge in [0.1, 0.15) is 22.7 Å². The molecule has 10 aromatic carbocycles. The molecule has 68 heavy (non-hydrogen) atoms. The Balaban J connectivity index is 0.989. The maximum absolute atomic E-state index is 7.15. The zero-order chi connectivity index (χ0) is 45.8. The minimum Gasteiger partial charge on any atom is -0.457 e. The summed E-state index contributed by atoms with van der Waals surface area (Å²) < 4.78 is 13.9. The summed E-state index contributed by atoms with van der Waals surface area (Å²) in [5, 5.41) is 4.57. The Bertz CT molecular complexity index is 3840. The van der Waals surface area contributed by atoms with Gasteiger partial charge in [-0.2, -0.15) is 0 Å². The van der Waals surface area contributed by atoms with Crippen LogP contribution in [-0.2, 0) is 5.41 Å². The fourth-order valence-electron chi connectivity index (χ4n) is 11.9. The van der Waals surface area contributed by atoms with Crippen LogP contribution >= 0.6 is 0 Å². The number of para-hydroxylation sites is 3. The van der Waals surface area contributed by atoms with E-state index in [2.05, 4.69) is 240 Å². The molecule has 0 atom stereocenters. The second-order valence-electron chi connectivity index (χ2n) is 19.4. The zero-order valence-electron chi connectivity index (χ0n) is 38.9. The second-order valence-corrected chi connectivity index (χ2v) is 19.4. The molecule has 1 aliphatic heterocycles. The predicted molar refractivity (Wildman–Crippen MR) is 286 cm³/mol. The molecule has 2 heterocycles. The third-order valence-electron chi connectivity index (χ3n) is 14.9. The lowest BCUT2D eigenvalue weighted by Gasteiger charge is -2.31. The number of anilines is 3. The van der Waals surface area contributed by atoms with Crippen molar-refractivity contribution in [3.8, 4) is 44.9 Å². The normalized spacial score (nSPS) is 13.0. The van der Waals surface area contributed by atoms with E-state index < -0.39 is 0 Å². The summed E-state index contributed by atoms with van der Waals surface area (Å²) in [4.78, 5) is 2.42. The molecule has 0 spiro atoms. The Hall–Kier alpha value is -8.08. The number of ether oxygens (including phenoxy) is 1. The van der Waals surface area contributed by atoms with Crippen molar-refractivity contribution in [3.63, 3.8) is 0 Å². The number of nitrogens with zero attached hydrogens (tertiary/aromatic N) is 1. The van der Waals surface area contributed by atoms with Gasteiger partial charge in [-0.25, -0.2) is 0 Å². The van der Waals surface area contributed by atoms with E-state index in [4.69, 9.17) is 9.15 Å². The molecule has 0 N–H and O–H groups in total. The van der Waals surface area contributed by atoms with Crippen LogP contribution in [-0.4, -0.2) is 6.71 Å².